The first-order chi connectivity index (χ1) is 10.8. The molecule has 0 radical (unpaired) electrons. The Hall–Kier alpha value is -2.11. The van der Waals surface area contributed by atoms with Gasteiger partial charge in [0.05, 0.1) is 12.2 Å². The van der Waals surface area contributed by atoms with Gasteiger partial charge in [-0.15, -0.1) is 0 Å². The summed E-state index contributed by atoms with van der Waals surface area (Å²) in [5.41, 5.74) is 1.25. The molecule has 22 heavy (non-hydrogen) atoms. The molecule has 0 saturated carbocycles. The third-order valence-corrected chi connectivity index (χ3v) is 4.06. The van der Waals surface area contributed by atoms with Gasteiger partial charge in [0.2, 0.25) is 11.7 Å². The van der Waals surface area contributed by atoms with E-state index in [0.717, 1.165) is 24.7 Å². The highest BCUT2D eigenvalue weighted by atomic mass is 35.5. The number of halogens is 1. The summed E-state index contributed by atoms with van der Waals surface area (Å²) < 4.78 is 10.6. The van der Waals surface area contributed by atoms with Crippen molar-refractivity contribution >= 4 is 11.6 Å². The second kappa shape index (κ2) is 5.59. The van der Waals surface area contributed by atoms with Crippen LogP contribution in [0.4, 0.5) is 0 Å². The van der Waals surface area contributed by atoms with Gasteiger partial charge in [0, 0.05) is 24.7 Å². The van der Waals surface area contributed by atoms with Gasteiger partial charge in [-0.25, -0.2) is 0 Å². The molecule has 0 aliphatic carbocycles. The second-order valence-corrected chi connectivity index (χ2v) is 5.89. The van der Waals surface area contributed by atoms with E-state index in [0.29, 0.717) is 23.4 Å². The molecule has 112 valence electrons. The zero-order valence-corrected chi connectivity index (χ0v) is 12.5. The highest BCUT2D eigenvalue weighted by molar-refractivity contribution is 6.30. The van der Waals surface area contributed by atoms with Gasteiger partial charge in [-0.3, -0.25) is 4.90 Å². The first-order valence-electron chi connectivity index (χ1n) is 7.12. The maximum Gasteiger partial charge on any atom is 0.238 e. The fourth-order valence-corrected chi connectivity index (χ4v) is 2.74. The summed E-state index contributed by atoms with van der Waals surface area (Å²) in [6.07, 6.45) is 1.60. The van der Waals surface area contributed by atoms with E-state index < -0.39 is 0 Å². The molecule has 1 aliphatic rings. The monoisotopic (exact) mass is 315 g/mol. The summed E-state index contributed by atoms with van der Waals surface area (Å²) in [6.45, 7) is 2.75. The fraction of sp³-hybridized carbons (Fsp3) is 0.250. The molecule has 3 heterocycles. The number of nitrogens with zero attached hydrogens (tertiary/aromatic N) is 3. The summed E-state index contributed by atoms with van der Waals surface area (Å²) in [5, 5.41) is 4.73. The Morgan fingerprint density at radius 2 is 2.00 bits per heavy atom. The van der Waals surface area contributed by atoms with E-state index in [1.807, 2.05) is 24.3 Å². The number of hydrogen-bond donors (Lipinski definition) is 0. The molecule has 0 unspecified atom stereocenters. The molecule has 0 amide bonds. The van der Waals surface area contributed by atoms with Crippen LogP contribution in [0.2, 0.25) is 5.02 Å². The van der Waals surface area contributed by atoms with Crippen LogP contribution < -0.4 is 0 Å². The van der Waals surface area contributed by atoms with Crippen LogP contribution in [0.15, 0.2) is 51.6 Å². The molecular formula is C16H14ClN3O2. The molecule has 1 aromatic carbocycles. The lowest BCUT2D eigenvalue weighted by atomic mass is 9.99. The minimum atomic E-state index is 0.295. The predicted molar refractivity (Wildman–Crippen MR) is 81.5 cm³/mol. The van der Waals surface area contributed by atoms with Crippen molar-refractivity contribution < 1.29 is 8.94 Å². The van der Waals surface area contributed by atoms with Gasteiger partial charge in [0.1, 0.15) is 0 Å². The average molecular weight is 316 g/mol. The Bertz CT molecular complexity index is 746. The molecular weight excluding hydrogens is 302 g/mol. The van der Waals surface area contributed by atoms with Crippen molar-refractivity contribution in [1.29, 1.82) is 0 Å². The van der Waals surface area contributed by atoms with E-state index in [9.17, 15) is 0 Å². The molecule has 0 bridgehead atoms. The lowest BCUT2D eigenvalue weighted by Crippen LogP contribution is -2.44. The summed E-state index contributed by atoms with van der Waals surface area (Å²) >= 11 is 5.90. The van der Waals surface area contributed by atoms with Crippen LogP contribution in [0.1, 0.15) is 17.4 Å². The van der Waals surface area contributed by atoms with Crippen molar-refractivity contribution in [2.45, 2.75) is 12.5 Å². The number of furan rings is 1. The lowest BCUT2D eigenvalue weighted by Gasteiger charge is -2.37. The molecule has 0 spiro atoms. The Morgan fingerprint density at radius 1 is 1.18 bits per heavy atom. The Labute approximate surface area is 132 Å². The minimum absolute atomic E-state index is 0.295. The van der Waals surface area contributed by atoms with E-state index in [1.54, 1.807) is 6.26 Å². The molecule has 4 rings (SSSR count). The number of likely N-dealkylation sites (tertiary alicyclic amines) is 1. The van der Waals surface area contributed by atoms with Crippen molar-refractivity contribution in [2.24, 2.45) is 0 Å². The van der Waals surface area contributed by atoms with Crippen LogP contribution in [-0.2, 0) is 6.54 Å². The summed E-state index contributed by atoms with van der Waals surface area (Å²) in [4.78, 5) is 6.75. The van der Waals surface area contributed by atoms with Crippen LogP contribution in [0.5, 0.6) is 0 Å². The number of hydrogen-bond acceptors (Lipinski definition) is 5. The van der Waals surface area contributed by atoms with E-state index in [4.69, 9.17) is 20.5 Å². The van der Waals surface area contributed by atoms with Gasteiger partial charge in [-0.1, -0.05) is 28.9 Å². The third kappa shape index (κ3) is 2.65. The molecule has 2 aromatic heterocycles. The summed E-state index contributed by atoms with van der Waals surface area (Å²) in [7, 11) is 0. The molecule has 0 atom stereocenters. The van der Waals surface area contributed by atoms with Crippen LogP contribution in [0.25, 0.3) is 11.6 Å². The summed E-state index contributed by atoms with van der Waals surface area (Å²) in [5.74, 6) is 2.12. The zero-order chi connectivity index (χ0) is 14.9. The van der Waals surface area contributed by atoms with Crippen molar-refractivity contribution in [3.63, 3.8) is 0 Å². The van der Waals surface area contributed by atoms with E-state index >= 15 is 0 Å². The van der Waals surface area contributed by atoms with E-state index in [-0.39, 0.29) is 0 Å². The SMILES string of the molecule is Clc1ccc(CN2CC(c3nc(-c4ccco4)no3)C2)cc1. The van der Waals surface area contributed by atoms with Gasteiger partial charge in [-0.2, -0.15) is 4.98 Å². The quantitative estimate of drug-likeness (QED) is 0.736. The average Bonchev–Trinajstić information content (AvgIpc) is 3.15. The van der Waals surface area contributed by atoms with Gasteiger partial charge in [0.15, 0.2) is 5.76 Å². The van der Waals surface area contributed by atoms with E-state index in [2.05, 4.69) is 27.2 Å². The van der Waals surface area contributed by atoms with Crippen molar-refractivity contribution in [1.82, 2.24) is 15.0 Å². The van der Waals surface area contributed by atoms with Gasteiger partial charge in [0.25, 0.3) is 0 Å². The second-order valence-electron chi connectivity index (χ2n) is 5.45. The maximum atomic E-state index is 5.90. The van der Waals surface area contributed by atoms with Crippen LogP contribution >= 0.6 is 11.6 Å². The standard InChI is InChI=1S/C16H14ClN3O2/c17-13-5-3-11(4-6-13)8-20-9-12(10-20)16-18-15(19-22-16)14-2-1-7-21-14/h1-7,12H,8-10H2. The predicted octanol–water partition coefficient (Wildman–Crippen LogP) is 3.58. The topological polar surface area (TPSA) is 55.3 Å². The molecule has 1 aliphatic heterocycles. The minimum Gasteiger partial charge on any atom is -0.461 e. The van der Waals surface area contributed by atoms with Gasteiger partial charge >= 0.3 is 0 Å². The maximum absolute atomic E-state index is 5.90. The largest absolute Gasteiger partial charge is 0.461 e. The molecule has 3 aromatic rings. The van der Waals surface area contributed by atoms with Crippen LogP contribution in [0, 0.1) is 0 Å². The molecule has 6 heteroatoms. The van der Waals surface area contributed by atoms with Crippen LogP contribution in [0.3, 0.4) is 0 Å². The van der Waals surface area contributed by atoms with Crippen LogP contribution in [-0.4, -0.2) is 28.1 Å². The molecule has 1 fully saturated rings. The highest BCUT2D eigenvalue weighted by Gasteiger charge is 2.32. The van der Waals surface area contributed by atoms with Gasteiger partial charge < -0.3 is 8.94 Å². The number of aromatic nitrogens is 2. The Morgan fingerprint density at radius 3 is 2.73 bits per heavy atom. The summed E-state index contributed by atoms with van der Waals surface area (Å²) in [6, 6.07) is 11.6. The highest BCUT2D eigenvalue weighted by Crippen LogP contribution is 2.29. The fourth-order valence-electron chi connectivity index (χ4n) is 2.61. The molecule has 5 nitrogen and oxygen atoms in total. The molecule has 1 saturated heterocycles. The lowest BCUT2D eigenvalue weighted by molar-refractivity contribution is 0.117. The van der Waals surface area contributed by atoms with Crippen molar-refractivity contribution in [3.05, 3.63) is 59.1 Å². The van der Waals surface area contributed by atoms with E-state index in [1.165, 1.54) is 5.56 Å². The first kappa shape index (κ1) is 13.5. The third-order valence-electron chi connectivity index (χ3n) is 3.81. The zero-order valence-electron chi connectivity index (χ0n) is 11.8. The Balaban J connectivity index is 1.36. The smallest absolute Gasteiger partial charge is 0.238 e. The van der Waals surface area contributed by atoms with Crippen molar-refractivity contribution in [2.75, 3.05) is 13.1 Å². The normalized spacial score (nSPS) is 15.9. The Kier molecular flexibility index (Phi) is 3.44. The van der Waals surface area contributed by atoms with Gasteiger partial charge in [-0.05, 0) is 29.8 Å². The first-order valence-corrected chi connectivity index (χ1v) is 7.50. The van der Waals surface area contributed by atoms with Crippen molar-refractivity contribution in [3.8, 4) is 11.6 Å². The molecule has 0 N–H and O–H groups in total. The number of benzene rings is 1. The number of rotatable bonds is 4.